The second kappa shape index (κ2) is 4.49. The number of phosphoric acid groups is 1. The Morgan fingerprint density at radius 2 is 2.09 bits per heavy atom. The highest BCUT2D eigenvalue weighted by atomic mass is 31.2. The molecule has 0 atom stereocenters. The van der Waals surface area contributed by atoms with Gasteiger partial charge in [-0.05, 0) is 6.42 Å². The summed E-state index contributed by atoms with van der Waals surface area (Å²) in [5.74, 6) is -0.972. The Kier molecular flexibility index (Phi) is 4.33. The van der Waals surface area contributed by atoms with Crippen molar-refractivity contribution in [1.82, 2.24) is 0 Å². The van der Waals surface area contributed by atoms with Crippen molar-refractivity contribution in [2.24, 2.45) is 0 Å². The standard InChI is InChI=1S/C5H11O5P/c1-2-3-4-5(6)10-11(7,8)9/h2-4H2,1H3,(H2,7,8,9)/p-2. The van der Waals surface area contributed by atoms with Crippen LogP contribution in [0.2, 0.25) is 0 Å². The van der Waals surface area contributed by atoms with Crippen LogP contribution >= 0.6 is 7.82 Å². The number of carbonyl (C=O) groups is 1. The van der Waals surface area contributed by atoms with E-state index in [1.165, 1.54) is 0 Å². The van der Waals surface area contributed by atoms with Crippen molar-refractivity contribution in [3.63, 3.8) is 0 Å². The minimum Gasteiger partial charge on any atom is -0.780 e. The van der Waals surface area contributed by atoms with Crippen LogP contribution in [0.25, 0.3) is 0 Å². The van der Waals surface area contributed by atoms with Crippen LogP contribution in [0.5, 0.6) is 0 Å². The first kappa shape index (κ1) is 10.6. The summed E-state index contributed by atoms with van der Waals surface area (Å²) in [5.41, 5.74) is 0. The molecule has 0 bridgehead atoms. The molecule has 5 nitrogen and oxygen atoms in total. The van der Waals surface area contributed by atoms with Crippen molar-refractivity contribution in [2.45, 2.75) is 26.2 Å². The summed E-state index contributed by atoms with van der Waals surface area (Å²) < 4.78 is 13.4. The van der Waals surface area contributed by atoms with Gasteiger partial charge in [0.1, 0.15) is 7.82 Å². The fourth-order valence-corrected chi connectivity index (χ4v) is 0.832. The summed E-state index contributed by atoms with van der Waals surface area (Å²) in [6, 6.07) is 0. The molecule has 0 saturated carbocycles. The molecule has 0 aromatic heterocycles. The Hall–Kier alpha value is -0.380. The highest BCUT2D eigenvalue weighted by Crippen LogP contribution is 2.25. The Morgan fingerprint density at radius 1 is 1.55 bits per heavy atom. The van der Waals surface area contributed by atoms with Crippen molar-refractivity contribution >= 4 is 13.8 Å². The van der Waals surface area contributed by atoms with E-state index in [2.05, 4.69) is 4.52 Å². The zero-order chi connectivity index (χ0) is 8.91. The smallest absolute Gasteiger partial charge is 0.309 e. The summed E-state index contributed by atoms with van der Waals surface area (Å²) in [6.45, 7) is 1.83. The van der Waals surface area contributed by atoms with Crippen LogP contribution in [0, 0.1) is 0 Å². The van der Waals surface area contributed by atoms with E-state index in [0.717, 1.165) is 6.42 Å². The minimum absolute atomic E-state index is 0.0228. The number of phosphoric ester groups is 1. The van der Waals surface area contributed by atoms with Gasteiger partial charge in [0.25, 0.3) is 0 Å². The maximum Gasteiger partial charge on any atom is 0.309 e. The number of unbranched alkanes of at least 4 members (excludes halogenated alkanes) is 1. The molecule has 0 aromatic carbocycles. The van der Waals surface area contributed by atoms with Crippen molar-refractivity contribution in [1.29, 1.82) is 0 Å². The third-order valence-corrected chi connectivity index (χ3v) is 1.38. The first-order valence-corrected chi connectivity index (χ1v) is 4.66. The quantitative estimate of drug-likeness (QED) is 0.546. The molecule has 0 fully saturated rings. The molecule has 0 aromatic rings. The normalized spacial score (nSPS) is 11.2. The lowest BCUT2D eigenvalue weighted by molar-refractivity contribution is -0.337. The highest BCUT2D eigenvalue weighted by molar-refractivity contribution is 7.43. The Balaban J connectivity index is 3.62. The monoisotopic (exact) mass is 180 g/mol. The van der Waals surface area contributed by atoms with Gasteiger partial charge in [-0.1, -0.05) is 13.3 Å². The Morgan fingerprint density at radius 3 is 2.45 bits per heavy atom. The van der Waals surface area contributed by atoms with E-state index in [9.17, 15) is 19.1 Å². The maximum atomic E-state index is 10.4. The van der Waals surface area contributed by atoms with Gasteiger partial charge >= 0.3 is 5.97 Å². The van der Waals surface area contributed by atoms with Gasteiger partial charge < -0.3 is 18.9 Å². The molecule has 0 aliphatic carbocycles. The molecule has 66 valence electrons. The highest BCUT2D eigenvalue weighted by Gasteiger charge is 2.02. The van der Waals surface area contributed by atoms with Gasteiger partial charge in [0.15, 0.2) is 0 Å². The maximum absolute atomic E-state index is 10.4. The summed E-state index contributed by atoms with van der Waals surface area (Å²) in [4.78, 5) is 30.1. The molecule has 0 radical (unpaired) electrons. The lowest BCUT2D eigenvalue weighted by atomic mass is 10.3. The van der Waals surface area contributed by atoms with Gasteiger partial charge in [-0.2, -0.15) is 0 Å². The summed E-state index contributed by atoms with van der Waals surface area (Å²) in [5, 5.41) is 0. The van der Waals surface area contributed by atoms with E-state index in [1.807, 2.05) is 6.92 Å². The van der Waals surface area contributed by atoms with Crippen molar-refractivity contribution in [3.8, 4) is 0 Å². The lowest BCUT2D eigenvalue weighted by Crippen LogP contribution is -2.19. The number of carbonyl (C=O) groups excluding carboxylic acids is 1. The number of hydrogen-bond donors (Lipinski definition) is 0. The fraction of sp³-hybridized carbons (Fsp3) is 0.800. The topological polar surface area (TPSA) is 89.5 Å². The molecule has 0 rings (SSSR count). The molecule has 0 amide bonds. The molecule has 0 aliphatic heterocycles. The van der Waals surface area contributed by atoms with Gasteiger partial charge in [-0.3, -0.25) is 4.79 Å². The SMILES string of the molecule is CCCCC(=O)OP(=O)([O-])[O-]. The Bertz CT molecular complexity index is 172. The Labute approximate surface area is 64.6 Å². The summed E-state index contributed by atoms with van der Waals surface area (Å²) in [6.07, 6.45) is 1.25. The zero-order valence-corrected chi connectivity index (χ0v) is 7.00. The fourth-order valence-electron chi connectivity index (χ4n) is 0.491. The van der Waals surface area contributed by atoms with Gasteiger partial charge in [0, 0.05) is 6.42 Å². The van der Waals surface area contributed by atoms with Gasteiger partial charge in [-0.25, -0.2) is 0 Å². The van der Waals surface area contributed by atoms with E-state index >= 15 is 0 Å². The predicted molar refractivity (Wildman–Crippen MR) is 33.2 cm³/mol. The first-order valence-electron chi connectivity index (χ1n) is 3.20. The molecule has 0 heterocycles. The van der Waals surface area contributed by atoms with Crippen LogP contribution in [-0.4, -0.2) is 5.97 Å². The van der Waals surface area contributed by atoms with Crippen LogP contribution in [-0.2, 0) is 13.9 Å². The summed E-state index contributed by atoms with van der Waals surface area (Å²) in [7, 11) is -5.11. The van der Waals surface area contributed by atoms with Gasteiger partial charge in [0.05, 0.1) is 0 Å². The van der Waals surface area contributed by atoms with Gasteiger partial charge in [0.2, 0.25) is 0 Å². The van der Waals surface area contributed by atoms with Crippen molar-refractivity contribution in [3.05, 3.63) is 0 Å². The molecule has 0 saturated heterocycles. The van der Waals surface area contributed by atoms with E-state index in [0.29, 0.717) is 6.42 Å². The zero-order valence-electron chi connectivity index (χ0n) is 6.11. The third kappa shape index (κ3) is 7.52. The number of hydrogen-bond acceptors (Lipinski definition) is 5. The largest absolute Gasteiger partial charge is 0.780 e. The van der Waals surface area contributed by atoms with E-state index in [1.54, 1.807) is 0 Å². The van der Waals surface area contributed by atoms with Crippen LogP contribution in [0.4, 0.5) is 0 Å². The van der Waals surface area contributed by atoms with E-state index in [-0.39, 0.29) is 6.42 Å². The van der Waals surface area contributed by atoms with Crippen molar-refractivity contribution in [2.75, 3.05) is 0 Å². The molecule has 0 N–H and O–H groups in total. The van der Waals surface area contributed by atoms with Crippen LogP contribution < -0.4 is 9.79 Å². The summed E-state index contributed by atoms with van der Waals surface area (Å²) >= 11 is 0. The molecule has 6 heteroatoms. The van der Waals surface area contributed by atoms with Crippen LogP contribution in [0.15, 0.2) is 0 Å². The second-order valence-electron chi connectivity index (χ2n) is 2.01. The first-order chi connectivity index (χ1) is 4.95. The van der Waals surface area contributed by atoms with Crippen LogP contribution in [0.1, 0.15) is 26.2 Å². The molecule has 0 spiro atoms. The minimum atomic E-state index is -5.11. The third-order valence-electron chi connectivity index (χ3n) is 0.948. The average Bonchev–Trinajstić information content (AvgIpc) is 1.79. The molecular weight excluding hydrogens is 171 g/mol. The molecule has 0 aliphatic rings. The predicted octanol–water partition coefficient (Wildman–Crippen LogP) is -0.452. The molecular formula is C5H9O5P-2. The molecule has 11 heavy (non-hydrogen) atoms. The van der Waals surface area contributed by atoms with E-state index in [4.69, 9.17) is 0 Å². The van der Waals surface area contributed by atoms with Crippen LogP contribution in [0.3, 0.4) is 0 Å². The van der Waals surface area contributed by atoms with E-state index < -0.39 is 13.8 Å². The van der Waals surface area contributed by atoms with Crippen molar-refractivity contribution < 1.29 is 23.7 Å². The molecule has 0 unspecified atom stereocenters. The lowest BCUT2D eigenvalue weighted by Gasteiger charge is -2.27. The number of rotatable bonds is 4. The second-order valence-corrected chi connectivity index (χ2v) is 3.09. The van der Waals surface area contributed by atoms with Gasteiger partial charge in [-0.15, -0.1) is 0 Å². The average molecular weight is 180 g/mol.